The number of pyridine rings is 2. The summed E-state index contributed by atoms with van der Waals surface area (Å²) in [6.45, 7) is 0.0141. The van der Waals surface area contributed by atoms with Gasteiger partial charge in [-0.3, -0.25) is 14.5 Å². The number of fused-ring (bicyclic) bond motifs is 4. The highest BCUT2D eigenvalue weighted by Gasteiger charge is 2.54. The molecule has 1 unspecified atom stereocenters. The number of carbonyl (C=O) groups is 1. The summed E-state index contributed by atoms with van der Waals surface area (Å²) < 4.78 is 32.5. The lowest BCUT2D eigenvalue weighted by molar-refractivity contribution is -0.125. The first-order chi connectivity index (χ1) is 17.5. The van der Waals surface area contributed by atoms with Crippen molar-refractivity contribution in [3.63, 3.8) is 0 Å². The molecular formula is C26H31N5O5S. The molecular weight excluding hydrogens is 494 g/mol. The standard InChI is InChI=1S/C26H31N5O5S/c1-30(2)18(14-32)15-36-24-21(29-37(4,34)35)11-17(12-28-24)16-6-7-20-19(10-16)23-22(13-27-20)31(3)25(33)26(23)8-5-9-26/h6-7,10-13,18,29,32H,5,8-9,14-15H2,1-4H3. The van der Waals surface area contributed by atoms with Crippen molar-refractivity contribution in [1.29, 1.82) is 0 Å². The number of nitrogens with zero attached hydrogens (tertiary/aromatic N) is 4. The number of aliphatic hydroxyl groups excluding tert-OH is 1. The number of hydrogen-bond donors (Lipinski definition) is 2. The maximum atomic E-state index is 13.1. The molecule has 2 aliphatic rings. The smallest absolute Gasteiger partial charge is 0.238 e. The Morgan fingerprint density at radius 2 is 1.95 bits per heavy atom. The molecule has 5 rings (SSSR count). The second kappa shape index (κ2) is 9.23. The van der Waals surface area contributed by atoms with Gasteiger partial charge in [0.15, 0.2) is 0 Å². The molecule has 37 heavy (non-hydrogen) atoms. The Labute approximate surface area is 216 Å². The van der Waals surface area contributed by atoms with Gasteiger partial charge in [-0.15, -0.1) is 0 Å². The molecule has 0 bridgehead atoms. The highest BCUT2D eigenvalue weighted by Crippen LogP contribution is 2.55. The third kappa shape index (κ3) is 4.41. The van der Waals surface area contributed by atoms with E-state index in [1.807, 2.05) is 37.2 Å². The fourth-order valence-electron chi connectivity index (χ4n) is 5.19. The Kier molecular flexibility index (Phi) is 6.33. The number of amides is 1. The minimum atomic E-state index is -3.61. The van der Waals surface area contributed by atoms with Gasteiger partial charge in [0, 0.05) is 29.8 Å². The Hall–Kier alpha value is -3.28. The van der Waals surface area contributed by atoms with Crippen LogP contribution in [-0.2, 0) is 20.2 Å². The van der Waals surface area contributed by atoms with Gasteiger partial charge < -0.3 is 19.6 Å². The lowest BCUT2D eigenvalue weighted by Crippen LogP contribution is -2.43. The zero-order valence-electron chi connectivity index (χ0n) is 21.4. The summed E-state index contributed by atoms with van der Waals surface area (Å²) in [6, 6.07) is 7.23. The van der Waals surface area contributed by atoms with Gasteiger partial charge in [0.1, 0.15) is 12.3 Å². The molecule has 10 nitrogen and oxygen atoms in total. The predicted octanol–water partition coefficient (Wildman–Crippen LogP) is 2.37. The van der Waals surface area contributed by atoms with Crippen LogP contribution in [0.15, 0.2) is 36.7 Å². The topological polar surface area (TPSA) is 125 Å². The molecule has 0 radical (unpaired) electrons. The zero-order chi connectivity index (χ0) is 26.5. The van der Waals surface area contributed by atoms with Gasteiger partial charge in [0.2, 0.25) is 21.8 Å². The zero-order valence-corrected chi connectivity index (χ0v) is 22.2. The lowest BCUT2D eigenvalue weighted by atomic mass is 9.64. The van der Waals surface area contributed by atoms with Gasteiger partial charge in [-0.25, -0.2) is 13.4 Å². The van der Waals surface area contributed by atoms with Gasteiger partial charge in [-0.05, 0) is 50.7 Å². The first kappa shape index (κ1) is 25.4. The molecule has 11 heteroatoms. The van der Waals surface area contributed by atoms with Crippen LogP contribution in [0.1, 0.15) is 24.8 Å². The third-order valence-electron chi connectivity index (χ3n) is 7.44. The fraction of sp³-hybridized carbons (Fsp3) is 0.423. The molecule has 0 saturated heterocycles. The Bertz CT molecular complexity index is 1490. The molecule has 1 saturated carbocycles. The SMILES string of the molecule is CN1C(=O)C2(CCC2)c2c1cnc1ccc(-c3cnc(OCC(CO)N(C)C)c(NS(C)(=O)=O)c3)cc21. The van der Waals surface area contributed by atoms with Gasteiger partial charge >= 0.3 is 0 Å². The van der Waals surface area contributed by atoms with Gasteiger partial charge in [0.25, 0.3) is 0 Å². The summed E-state index contributed by atoms with van der Waals surface area (Å²) in [4.78, 5) is 25.7. The minimum absolute atomic E-state index is 0.117. The summed E-state index contributed by atoms with van der Waals surface area (Å²) in [5.41, 5.74) is 3.89. The molecule has 1 aliphatic heterocycles. The number of nitrogens with one attached hydrogen (secondary N) is 1. The highest BCUT2D eigenvalue weighted by atomic mass is 32.2. The van der Waals surface area contributed by atoms with Crippen molar-refractivity contribution >= 4 is 38.2 Å². The number of aliphatic hydroxyl groups is 1. The van der Waals surface area contributed by atoms with E-state index in [1.165, 1.54) is 0 Å². The van der Waals surface area contributed by atoms with Crippen molar-refractivity contribution < 1.29 is 23.1 Å². The average Bonchev–Trinajstić information content (AvgIpc) is 3.06. The summed E-state index contributed by atoms with van der Waals surface area (Å²) in [5, 5.41) is 10.5. The largest absolute Gasteiger partial charge is 0.474 e. The van der Waals surface area contributed by atoms with Crippen LogP contribution in [0.3, 0.4) is 0 Å². The van der Waals surface area contributed by atoms with Crippen molar-refractivity contribution in [2.45, 2.75) is 30.7 Å². The average molecular weight is 526 g/mol. The number of rotatable bonds is 8. The fourth-order valence-corrected chi connectivity index (χ4v) is 5.73. The second-order valence-corrected chi connectivity index (χ2v) is 11.9. The summed E-state index contributed by atoms with van der Waals surface area (Å²) in [5.74, 6) is 0.244. The number of carbonyl (C=O) groups excluding carboxylic acids is 1. The Balaban J connectivity index is 1.57. The molecule has 1 fully saturated rings. The molecule has 1 spiro atoms. The maximum Gasteiger partial charge on any atom is 0.238 e. The van der Waals surface area contributed by atoms with Crippen LogP contribution in [0.2, 0.25) is 0 Å². The molecule has 1 aliphatic carbocycles. The lowest BCUT2D eigenvalue weighted by Gasteiger charge is -2.37. The Morgan fingerprint density at radius 1 is 1.19 bits per heavy atom. The number of hydrogen-bond acceptors (Lipinski definition) is 8. The van der Waals surface area contributed by atoms with Gasteiger partial charge in [-0.1, -0.05) is 12.5 Å². The van der Waals surface area contributed by atoms with Crippen LogP contribution in [-0.4, -0.2) is 81.0 Å². The van der Waals surface area contributed by atoms with E-state index in [1.54, 1.807) is 30.4 Å². The van der Waals surface area contributed by atoms with Crippen molar-refractivity contribution in [2.75, 3.05) is 50.2 Å². The first-order valence-corrected chi connectivity index (χ1v) is 14.0. The number of sulfonamides is 1. The first-order valence-electron chi connectivity index (χ1n) is 12.1. The second-order valence-electron chi connectivity index (χ2n) is 10.1. The number of ether oxygens (including phenoxy) is 1. The molecule has 2 N–H and O–H groups in total. The predicted molar refractivity (Wildman–Crippen MR) is 142 cm³/mol. The van der Waals surface area contributed by atoms with Crippen molar-refractivity contribution in [3.05, 3.63) is 42.2 Å². The molecule has 3 aromatic rings. The highest BCUT2D eigenvalue weighted by molar-refractivity contribution is 7.92. The van der Waals surface area contributed by atoms with E-state index in [4.69, 9.17) is 4.74 Å². The van der Waals surface area contributed by atoms with E-state index in [2.05, 4.69) is 14.7 Å². The molecule has 1 aromatic carbocycles. The van der Waals surface area contributed by atoms with Gasteiger partial charge in [-0.2, -0.15) is 0 Å². The van der Waals surface area contributed by atoms with Crippen LogP contribution in [0, 0.1) is 0 Å². The summed E-state index contributed by atoms with van der Waals surface area (Å²) in [6.07, 6.45) is 7.13. The van der Waals surface area contributed by atoms with Crippen LogP contribution < -0.4 is 14.4 Å². The van der Waals surface area contributed by atoms with E-state index in [-0.39, 0.29) is 36.7 Å². The van der Waals surface area contributed by atoms with Crippen LogP contribution in [0.25, 0.3) is 22.0 Å². The Morgan fingerprint density at radius 3 is 2.57 bits per heavy atom. The molecule has 2 aromatic heterocycles. The van der Waals surface area contributed by atoms with E-state index < -0.39 is 15.4 Å². The maximum absolute atomic E-state index is 13.1. The van der Waals surface area contributed by atoms with Crippen molar-refractivity contribution in [3.8, 4) is 17.0 Å². The summed E-state index contributed by atoms with van der Waals surface area (Å²) in [7, 11) is 1.83. The minimum Gasteiger partial charge on any atom is -0.474 e. The number of benzene rings is 1. The molecule has 3 heterocycles. The van der Waals surface area contributed by atoms with E-state index in [0.717, 1.165) is 53.2 Å². The van der Waals surface area contributed by atoms with E-state index in [0.29, 0.717) is 5.56 Å². The number of likely N-dealkylation sites (N-methyl/N-ethyl adjacent to an activating group) is 2. The summed E-state index contributed by atoms with van der Waals surface area (Å²) >= 11 is 0. The quantitative estimate of drug-likeness (QED) is 0.459. The van der Waals surface area contributed by atoms with Crippen molar-refractivity contribution in [1.82, 2.24) is 14.9 Å². The van der Waals surface area contributed by atoms with Crippen LogP contribution in [0.4, 0.5) is 11.4 Å². The van der Waals surface area contributed by atoms with Crippen LogP contribution in [0.5, 0.6) is 5.88 Å². The number of anilines is 2. The molecule has 196 valence electrons. The monoisotopic (exact) mass is 525 g/mol. The normalized spacial score (nSPS) is 17.2. The van der Waals surface area contributed by atoms with Crippen molar-refractivity contribution in [2.24, 2.45) is 0 Å². The third-order valence-corrected chi connectivity index (χ3v) is 8.03. The van der Waals surface area contributed by atoms with Crippen LogP contribution >= 0.6 is 0 Å². The van der Waals surface area contributed by atoms with E-state index >= 15 is 0 Å². The molecule has 1 amide bonds. The number of aromatic nitrogens is 2. The molecule has 1 atom stereocenters. The van der Waals surface area contributed by atoms with Gasteiger partial charge in [0.05, 0.1) is 41.7 Å². The van der Waals surface area contributed by atoms with E-state index in [9.17, 15) is 18.3 Å².